The molecule has 0 amide bonds. The van der Waals surface area contributed by atoms with Crippen molar-refractivity contribution in [2.45, 2.75) is 12.2 Å². The lowest BCUT2D eigenvalue weighted by molar-refractivity contribution is -0.143. The minimum absolute atomic E-state index is 0.105. The number of hydrogen-bond acceptors (Lipinski definition) is 6. The van der Waals surface area contributed by atoms with E-state index in [1.165, 1.54) is 7.11 Å². The molecule has 3 aromatic carbocycles. The molecule has 7 heteroatoms. The number of benzene rings is 3. The Bertz CT molecular complexity index is 1110. The number of halogens is 1. The van der Waals surface area contributed by atoms with Crippen molar-refractivity contribution in [3.63, 3.8) is 0 Å². The summed E-state index contributed by atoms with van der Waals surface area (Å²) in [5.74, 6) is 0.967. The minimum Gasteiger partial charge on any atom is -0.493 e. The van der Waals surface area contributed by atoms with Crippen molar-refractivity contribution >= 4 is 27.6 Å². The highest BCUT2D eigenvalue weighted by Gasteiger charge is 2.37. The third-order valence-corrected chi connectivity index (χ3v) is 6.13. The number of carbonyl (C=O) groups excluding carboxylic acids is 1. The molecule has 1 heterocycles. The summed E-state index contributed by atoms with van der Waals surface area (Å²) in [5.41, 5.74) is 4.11. The van der Waals surface area contributed by atoms with Gasteiger partial charge >= 0.3 is 5.97 Å². The molecule has 0 unspecified atom stereocenters. The number of anilines is 1. The normalized spacial score (nSPS) is 17.8. The van der Waals surface area contributed by atoms with E-state index in [2.05, 4.69) is 50.4 Å². The van der Waals surface area contributed by atoms with Crippen LogP contribution in [-0.4, -0.2) is 38.7 Å². The summed E-state index contributed by atoms with van der Waals surface area (Å²) >= 11 is 3.60. The predicted molar refractivity (Wildman–Crippen MR) is 127 cm³/mol. The number of fused-ring (bicyclic) bond motifs is 1. The fourth-order valence-electron chi connectivity index (χ4n) is 4.15. The minimum atomic E-state index is -0.309. The molecule has 1 aliphatic rings. The van der Waals surface area contributed by atoms with E-state index in [4.69, 9.17) is 14.2 Å². The first-order valence-corrected chi connectivity index (χ1v) is 11.0. The van der Waals surface area contributed by atoms with Crippen molar-refractivity contribution < 1.29 is 19.0 Å². The number of nitrogens with one attached hydrogen (secondary N) is 1. The second kappa shape index (κ2) is 9.63. The SMILES string of the molecule is COC(=O)CN1[C@H](c2ccccc2)c2cc(Br)ccc2N[C@@H]1c1ccc(OC)c(OC)c1. The summed E-state index contributed by atoms with van der Waals surface area (Å²) in [5, 5.41) is 3.61. The molecule has 4 rings (SSSR count). The molecule has 0 fully saturated rings. The van der Waals surface area contributed by atoms with Gasteiger partial charge in [0.25, 0.3) is 0 Å². The third kappa shape index (κ3) is 4.31. The van der Waals surface area contributed by atoms with Gasteiger partial charge in [0.1, 0.15) is 6.17 Å². The standard InChI is InChI=1S/C25H25BrN2O4/c1-30-21-12-9-17(13-22(21)31-2)25-27-20-11-10-18(26)14-19(20)24(16-7-5-4-6-8-16)28(25)15-23(29)32-3/h4-14,24-25,27H,15H2,1-3H3/t24-,25+/m1/s1. The van der Waals surface area contributed by atoms with Gasteiger partial charge in [-0.25, -0.2) is 0 Å². The summed E-state index contributed by atoms with van der Waals surface area (Å²) < 4.78 is 17.0. The first-order valence-electron chi connectivity index (χ1n) is 10.2. The molecule has 6 nitrogen and oxygen atoms in total. The molecule has 0 saturated carbocycles. The average Bonchev–Trinajstić information content (AvgIpc) is 2.83. The van der Waals surface area contributed by atoms with Crippen LogP contribution in [0.2, 0.25) is 0 Å². The van der Waals surface area contributed by atoms with Gasteiger partial charge in [0.05, 0.1) is 33.9 Å². The van der Waals surface area contributed by atoms with E-state index in [1.54, 1.807) is 14.2 Å². The Morgan fingerprint density at radius 2 is 1.69 bits per heavy atom. The molecule has 166 valence electrons. The summed E-state index contributed by atoms with van der Waals surface area (Å²) in [4.78, 5) is 14.6. The molecule has 0 aromatic heterocycles. The molecule has 3 aromatic rings. The second-order valence-electron chi connectivity index (χ2n) is 7.45. The van der Waals surface area contributed by atoms with Gasteiger partial charge in [-0.2, -0.15) is 0 Å². The Morgan fingerprint density at radius 3 is 2.38 bits per heavy atom. The van der Waals surface area contributed by atoms with Crippen LogP contribution in [0.25, 0.3) is 0 Å². The Labute approximate surface area is 196 Å². The second-order valence-corrected chi connectivity index (χ2v) is 8.37. The molecular formula is C25H25BrN2O4. The smallest absolute Gasteiger partial charge is 0.319 e. The maximum Gasteiger partial charge on any atom is 0.319 e. The number of carbonyl (C=O) groups is 1. The van der Waals surface area contributed by atoms with Crippen LogP contribution in [-0.2, 0) is 9.53 Å². The zero-order chi connectivity index (χ0) is 22.7. The van der Waals surface area contributed by atoms with Crippen molar-refractivity contribution in [2.24, 2.45) is 0 Å². The molecule has 0 bridgehead atoms. The van der Waals surface area contributed by atoms with Gasteiger partial charge in [-0.1, -0.05) is 52.3 Å². The van der Waals surface area contributed by atoms with E-state index in [0.717, 1.165) is 26.9 Å². The van der Waals surface area contributed by atoms with Crippen LogP contribution < -0.4 is 14.8 Å². The maximum absolute atomic E-state index is 12.5. The van der Waals surface area contributed by atoms with Crippen LogP contribution in [0.15, 0.2) is 71.2 Å². The highest BCUT2D eigenvalue weighted by atomic mass is 79.9. The van der Waals surface area contributed by atoms with E-state index in [9.17, 15) is 4.79 Å². The van der Waals surface area contributed by atoms with E-state index in [0.29, 0.717) is 11.5 Å². The van der Waals surface area contributed by atoms with Gasteiger partial charge in [0.15, 0.2) is 11.5 Å². The van der Waals surface area contributed by atoms with Crippen molar-refractivity contribution in [1.29, 1.82) is 0 Å². The third-order valence-electron chi connectivity index (χ3n) is 5.64. The molecule has 0 aliphatic carbocycles. The summed E-state index contributed by atoms with van der Waals surface area (Å²) in [6.45, 7) is 0.105. The molecule has 0 radical (unpaired) electrons. The molecule has 0 saturated heterocycles. The Balaban J connectivity index is 1.89. The Kier molecular flexibility index (Phi) is 6.67. The lowest BCUT2D eigenvalue weighted by Gasteiger charge is -2.44. The van der Waals surface area contributed by atoms with Crippen LogP contribution in [0.1, 0.15) is 28.9 Å². The number of rotatable bonds is 6. The first-order chi connectivity index (χ1) is 15.5. The number of esters is 1. The van der Waals surface area contributed by atoms with Crippen LogP contribution in [0, 0.1) is 0 Å². The van der Waals surface area contributed by atoms with E-state index >= 15 is 0 Å². The number of methoxy groups -OCH3 is 3. The number of hydrogen-bond donors (Lipinski definition) is 1. The average molecular weight is 497 g/mol. The van der Waals surface area contributed by atoms with E-state index < -0.39 is 0 Å². The van der Waals surface area contributed by atoms with Gasteiger partial charge in [-0.3, -0.25) is 9.69 Å². The molecule has 1 aliphatic heterocycles. The largest absolute Gasteiger partial charge is 0.493 e. The number of ether oxygens (including phenoxy) is 3. The fraction of sp³-hybridized carbons (Fsp3) is 0.240. The van der Waals surface area contributed by atoms with Crippen molar-refractivity contribution in [3.8, 4) is 11.5 Å². The summed E-state index contributed by atoms with van der Waals surface area (Å²) in [6.07, 6.45) is -0.298. The molecular weight excluding hydrogens is 472 g/mol. The van der Waals surface area contributed by atoms with Gasteiger partial charge in [-0.05, 0) is 47.0 Å². The lowest BCUT2D eigenvalue weighted by atomic mass is 9.91. The van der Waals surface area contributed by atoms with Gasteiger partial charge < -0.3 is 19.5 Å². The van der Waals surface area contributed by atoms with Gasteiger partial charge in [0.2, 0.25) is 0 Å². The summed E-state index contributed by atoms with van der Waals surface area (Å²) in [6, 6.07) is 22.0. The molecule has 32 heavy (non-hydrogen) atoms. The van der Waals surface area contributed by atoms with Crippen molar-refractivity contribution in [1.82, 2.24) is 4.90 Å². The first kappa shape index (κ1) is 22.2. The maximum atomic E-state index is 12.5. The van der Waals surface area contributed by atoms with Gasteiger partial charge in [-0.15, -0.1) is 0 Å². The van der Waals surface area contributed by atoms with Crippen LogP contribution in [0.4, 0.5) is 5.69 Å². The topological polar surface area (TPSA) is 60.0 Å². The number of nitrogens with zero attached hydrogens (tertiary/aromatic N) is 1. The van der Waals surface area contributed by atoms with E-state index in [-0.39, 0.29) is 24.7 Å². The van der Waals surface area contributed by atoms with Crippen LogP contribution in [0.5, 0.6) is 11.5 Å². The lowest BCUT2D eigenvalue weighted by Crippen LogP contribution is -2.44. The van der Waals surface area contributed by atoms with Gasteiger partial charge in [0, 0.05) is 10.2 Å². The zero-order valence-electron chi connectivity index (χ0n) is 18.2. The van der Waals surface area contributed by atoms with Crippen molar-refractivity contribution in [3.05, 3.63) is 87.9 Å². The van der Waals surface area contributed by atoms with Crippen molar-refractivity contribution in [2.75, 3.05) is 33.2 Å². The fourth-order valence-corrected chi connectivity index (χ4v) is 4.53. The molecule has 0 spiro atoms. The quantitative estimate of drug-likeness (QED) is 0.476. The van der Waals surface area contributed by atoms with Crippen LogP contribution >= 0.6 is 15.9 Å². The summed E-state index contributed by atoms with van der Waals surface area (Å²) in [7, 11) is 4.63. The predicted octanol–water partition coefficient (Wildman–Crippen LogP) is 5.16. The highest BCUT2D eigenvalue weighted by Crippen LogP contribution is 2.45. The highest BCUT2D eigenvalue weighted by molar-refractivity contribution is 9.10. The molecule has 2 atom stereocenters. The van der Waals surface area contributed by atoms with Crippen LogP contribution in [0.3, 0.4) is 0 Å². The molecule has 1 N–H and O–H groups in total. The Morgan fingerprint density at radius 1 is 0.938 bits per heavy atom. The monoisotopic (exact) mass is 496 g/mol. The zero-order valence-corrected chi connectivity index (χ0v) is 19.8. The van der Waals surface area contributed by atoms with E-state index in [1.807, 2.05) is 42.5 Å². The Hall–Kier alpha value is -3.03.